The molecule has 2 heterocycles. The number of benzene rings is 2. The minimum atomic E-state index is -1.31. The van der Waals surface area contributed by atoms with Gasteiger partial charge in [0.15, 0.2) is 17.8 Å². The largest absolute Gasteiger partial charge is 0.463 e. The predicted molar refractivity (Wildman–Crippen MR) is 133 cm³/mol. The third kappa shape index (κ3) is 5.94. The van der Waals surface area contributed by atoms with Gasteiger partial charge in [-0.05, 0) is 0 Å². The van der Waals surface area contributed by atoms with Gasteiger partial charge in [-0.15, -0.1) is 0 Å². The van der Waals surface area contributed by atoms with Crippen LogP contribution < -0.4 is 15.0 Å². The van der Waals surface area contributed by atoms with Gasteiger partial charge < -0.3 is 33.4 Å². The zero-order valence-electron chi connectivity index (χ0n) is 20.9. The van der Waals surface area contributed by atoms with E-state index in [9.17, 15) is 24.0 Å². The summed E-state index contributed by atoms with van der Waals surface area (Å²) in [5, 5.41) is 3.84. The molecule has 4 rings (SSSR count). The number of rotatable bonds is 7. The summed E-state index contributed by atoms with van der Waals surface area (Å²) in [5.74, 6) is -2.27. The molecule has 0 bridgehead atoms. The van der Waals surface area contributed by atoms with Crippen molar-refractivity contribution >= 4 is 56.2 Å². The van der Waals surface area contributed by atoms with Crippen molar-refractivity contribution in [2.75, 3.05) is 6.61 Å². The summed E-state index contributed by atoms with van der Waals surface area (Å²) in [7, 11) is 0. The smallest absolute Gasteiger partial charge is 0.396 e. The van der Waals surface area contributed by atoms with Gasteiger partial charge in [-0.2, -0.15) is 0 Å². The highest BCUT2D eigenvalue weighted by atomic mass is 32.1. The van der Waals surface area contributed by atoms with Crippen molar-refractivity contribution in [1.29, 1.82) is 0 Å². The molecule has 2 aromatic carbocycles. The van der Waals surface area contributed by atoms with Gasteiger partial charge in [0.05, 0.1) is 4.70 Å². The third-order valence-electron chi connectivity index (χ3n) is 5.62. The lowest BCUT2D eigenvalue weighted by molar-refractivity contribution is -0.256. The highest BCUT2D eigenvalue weighted by Gasteiger charge is 2.52. The van der Waals surface area contributed by atoms with Gasteiger partial charge in [-0.3, -0.25) is 19.2 Å². The van der Waals surface area contributed by atoms with Crippen molar-refractivity contribution in [2.24, 2.45) is 0 Å². The molecule has 13 heteroatoms. The summed E-state index contributed by atoms with van der Waals surface area (Å²) in [5.41, 5.74) is 0.395. The number of esters is 3. The summed E-state index contributed by atoms with van der Waals surface area (Å²) >= 11 is 0.886. The standard InChI is InChI=1S/C25H25NO11S/c1-11(27)26-20-23(34-14(4)30)22(33-13(3)29)18(10-32-12(2)28)36-24(20)35-17-9-19-21(37-25(31)38-19)16-8-6-5-7-15(16)17/h5-9,18,20,22-24H,10H2,1-4H3,(H,26,27)/t18-,20-,22+,23+,24+/m0/s1. The lowest BCUT2D eigenvalue weighted by atomic mass is 9.96. The minimum absolute atomic E-state index is 0.282. The molecule has 0 spiro atoms. The molecule has 1 aromatic heterocycles. The number of carbonyl (C=O) groups excluding carboxylic acids is 4. The van der Waals surface area contributed by atoms with E-state index in [1.54, 1.807) is 30.3 Å². The Labute approximate surface area is 219 Å². The molecule has 3 aromatic rings. The molecular formula is C25H25NO11S. The van der Waals surface area contributed by atoms with Crippen molar-refractivity contribution in [2.45, 2.75) is 58.3 Å². The van der Waals surface area contributed by atoms with E-state index in [1.165, 1.54) is 13.8 Å². The lowest BCUT2D eigenvalue weighted by Crippen LogP contribution is -2.67. The summed E-state index contributed by atoms with van der Waals surface area (Å²) in [6, 6.07) is 7.50. The van der Waals surface area contributed by atoms with Crippen molar-refractivity contribution < 1.29 is 47.3 Å². The van der Waals surface area contributed by atoms with E-state index in [4.69, 9.17) is 28.1 Å². The summed E-state index contributed by atoms with van der Waals surface area (Å²) < 4.78 is 34.2. The first-order valence-corrected chi connectivity index (χ1v) is 12.4. The molecule has 0 saturated carbocycles. The maximum absolute atomic E-state index is 12.2. The van der Waals surface area contributed by atoms with Crippen LogP contribution in [0, 0.1) is 0 Å². The second kappa shape index (κ2) is 11.2. The molecule has 1 aliphatic rings. The molecule has 5 atom stereocenters. The van der Waals surface area contributed by atoms with Crippen molar-refractivity contribution in [3.63, 3.8) is 0 Å². The molecule has 1 aliphatic heterocycles. The fraction of sp³-hybridized carbons (Fsp3) is 0.400. The van der Waals surface area contributed by atoms with Crippen LogP contribution in [0.2, 0.25) is 0 Å². The number of hydrogen-bond donors (Lipinski definition) is 1. The van der Waals surface area contributed by atoms with E-state index < -0.39 is 59.4 Å². The zero-order chi connectivity index (χ0) is 27.6. The fourth-order valence-corrected chi connectivity index (χ4v) is 4.99. The molecular weight excluding hydrogens is 522 g/mol. The lowest BCUT2D eigenvalue weighted by Gasteiger charge is -2.44. The Morgan fingerprint density at radius 3 is 2.24 bits per heavy atom. The quantitative estimate of drug-likeness (QED) is 0.341. The second-order valence-corrected chi connectivity index (χ2v) is 9.52. The molecule has 1 N–H and O–H groups in total. The van der Waals surface area contributed by atoms with E-state index in [2.05, 4.69) is 5.32 Å². The molecule has 38 heavy (non-hydrogen) atoms. The normalized spacial score (nSPS) is 23.0. The molecule has 1 amide bonds. The number of hydrogen-bond acceptors (Lipinski definition) is 12. The average molecular weight is 548 g/mol. The Morgan fingerprint density at radius 2 is 1.61 bits per heavy atom. The molecule has 0 aliphatic carbocycles. The Hall–Kier alpha value is -3.97. The van der Waals surface area contributed by atoms with Gasteiger partial charge in [-0.1, -0.05) is 35.6 Å². The van der Waals surface area contributed by atoms with Crippen LogP contribution in [-0.4, -0.2) is 61.1 Å². The molecule has 12 nitrogen and oxygen atoms in total. The summed E-state index contributed by atoms with van der Waals surface area (Å²) in [6.45, 7) is 4.39. The van der Waals surface area contributed by atoms with Gasteiger partial charge in [-0.25, -0.2) is 4.79 Å². The van der Waals surface area contributed by atoms with E-state index in [0.717, 1.165) is 25.2 Å². The van der Waals surface area contributed by atoms with Crippen LogP contribution in [0.3, 0.4) is 0 Å². The first kappa shape index (κ1) is 27.1. The van der Waals surface area contributed by atoms with Crippen LogP contribution in [0.15, 0.2) is 39.5 Å². The predicted octanol–water partition coefficient (Wildman–Crippen LogP) is 2.04. The van der Waals surface area contributed by atoms with Crippen LogP contribution in [0.25, 0.3) is 21.1 Å². The van der Waals surface area contributed by atoms with Crippen LogP contribution >= 0.6 is 11.3 Å². The summed E-state index contributed by atoms with van der Waals surface area (Å²) in [4.78, 5) is 59.1. The fourth-order valence-electron chi connectivity index (χ4n) is 4.28. The maximum atomic E-state index is 12.2. The van der Waals surface area contributed by atoms with E-state index >= 15 is 0 Å². The van der Waals surface area contributed by atoms with Gasteiger partial charge in [0.2, 0.25) is 12.2 Å². The molecule has 0 unspecified atom stereocenters. The second-order valence-electron chi connectivity index (χ2n) is 8.54. The zero-order valence-corrected chi connectivity index (χ0v) is 21.7. The van der Waals surface area contributed by atoms with Crippen LogP contribution in [-0.2, 0) is 38.1 Å². The van der Waals surface area contributed by atoms with Crippen LogP contribution in [0.1, 0.15) is 27.7 Å². The molecule has 0 radical (unpaired) electrons. The number of fused-ring (bicyclic) bond motifs is 3. The molecule has 202 valence electrons. The van der Waals surface area contributed by atoms with E-state index in [0.29, 0.717) is 21.1 Å². The highest BCUT2D eigenvalue weighted by molar-refractivity contribution is 7.16. The molecule has 1 saturated heterocycles. The maximum Gasteiger partial charge on any atom is 0.396 e. The first-order valence-electron chi connectivity index (χ1n) is 11.6. The first-order chi connectivity index (χ1) is 18.0. The van der Waals surface area contributed by atoms with Gasteiger partial charge >= 0.3 is 22.8 Å². The number of amides is 1. The minimum Gasteiger partial charge on any atom is -0.463 e. The Bertz CT molecular complexity index is 1440. The number of ether oxygens (including phenoxy) is 5. The number of carbonyl (C=O) groups is 4. The van der Waals surface area contributed by atoms with Gasteiger partial charge in [0.1, 0.15) is 24.5 Å². The average Bonchev–Trinajstić information content (AvgIpc) is 3.21. The Balaban J connectivity index is 1.81. The Kier molecular flexibility index (Phi) is 7.97. The highest BCUT2D eigenvalue weighted by Crippen LogP contribution is 2.37. The van der Waals surface area contributed by atoms with Gasteiger partial charge in [0, 0.05) is 44.5 Å². The molecule has 1 fully saturated rings. The van der Waals surface area contributed by atoms with Gasteiger partial charge in [0.25, 0.3) is 0 Å². The third-order valence-corrected chi connectivity index (χ3v) is 6.39. The SMILES string of the molecule is CC(=O)N[C@@H]1[C@H](Oc2cc3sc(=O)oc3c3ccccc23)O[C@@H](COC(C)=O)[C@@H](OC(C)=O)[C@@H]1OC(C)=O. The van der Waals surface area contributed by atoms with Crippen molar-refractivity contribution in [3.05, 3.63) is 40.1 Å². The topological polar surface area (TPSA) is 157 Å². The van der Waals surface area contributed by atoms with E-state index in [-0.39, 0.29) is 12.4 Å². The van der Waals surface area contributed by atoms with Crippen LogP contribution in [0.5, 0.6) is 5.75 Å². The Morgan fingerprint density at radius 1 is 0.947 bits per heavy atom. The van der Waals surface area contributed by atoms with E-state index in [1.807, 2.05) is 0 Å². The van der Waals surface area contributed by atoms with Crippen LogP contribution in [0.4, 0.5) is 0 Å². The van der Waals surface area contributed by atoms with Crippen molar-refractivity contribution in [1.82, 2.24) is 5.32 Å². The van der Waals surface area contributed by atoms with Crippen molar-refractivity contribution in [3.8, 4) is 5.75 Å². The summed E-state index contributed by atoms with van der Waals surface area (Å²) in [6.07, 6.45) is -4.94. The monoisotopic (exact) mass is 547 g/mol. The number of nitrogens with one attached hydrogen (secondary N) is 1.